The summed E-state index contributed by atoms with van der Waals surface area (Å²) in [5.41, 5.74) is 0.628. The van der Waals surface area contributed by atoms with Gasteiger partial charge in [0.1, 0.15) is 5.57 Å². The second-order valence-corrected chi connectivity index (χ2v) is 3.72. The number of hydrogen-bond acceptors (Lipinski definition) is 5. The number of ketones is 1. The quantitative estimate of drug-likeness (QED) is 0.351. The van der Waals surface area contributed by atoms with E-state index in [-0.39, 0.29) is 11.4 Å². The van der Waals surface area contributed by atoms with Crippen LogP contribution in [0.25, 0.3) is 6.08 Å². The lowest BCUT2D eigenvalue weighted by atomic mass is 10.1. The van der Waals surface area contributed by atoms with Crippen LogP contribution in [0.2, 0.25) is 0 Å². The molecular formula is C14H16O5. The predicted octanol–water partition coefficient (Wildman–Crippen LogP) is 1.85. The van der Waals surface area contributed by atoms with E-state index in [2.05, 4.69) is 4.74 Å². The Balaban J connectivity index is 3.22. The number of Topliss-reactive ketones (excluding diaryl/α,β-unsaturated/α-hetero) is 1. The maximum absolute atomic E-state index is 11.5. The molecule has 0 aliphatic rings. The molecule has 0 saturated carbocycles. The normalized spacial score (nSPS) is 10.8. The van der Waals surface area contributed by atoms with Crippen LogP contribution in [-0.4, -0.2) is 33.1 Å². The van der Waals surface area contributed by atoms with E-state index in [9.17, 15) is 9.59 Å². The van der Waals surface area contributed by atoms with Crippen molar-refractivity contribution in [3.05, 3.63) is 29.3 Å². The molecule has 0 radical (unpaired) electrons. The van der Waals surface area contributed by atoms with E-state index in [1.165, 1.54) is 34.3 Å². The Hall–Kier alpha value is -2.30. The zero-order chi connectivity index (χ0) is 14.4. The second-order valence-electron chi connectivity index (χ2n) is 3.72. The van der Waals surface area contributed by atoms with Crippen molar-refractivity contribution in [2.75, 3.05) is 21.3 Å². The largest absolute Gasteiger partial charge is 0.493 e. The molecule has 0 aromatic heterocycles. The summed E-state index contributed by atoms with van der Waals surface area (Å²) in [6.45, 7) is 1.31. The summed E-state index contributed by atoms with van der Waals surface area (Å²) in [4.78, 5) is 22.9. The monoisotopic (exact) mass is 264 g/mol. The van der Waals surface area contributed by atoms with Crippen LogP contribution in [0.3, 0.4) is 0 Å². The van der Waals surface area contributed by atoms with Gasteiger partial charge in [0, 0.05) is 0 Å². The third kappa shape index (κ3) is 3.58. The number of esters is 1. The molecule has 5 nitrogen and oxygen atoms in total. The van der Waals surface area contributed by atoms with Crippen molar-refractivity contribution in [3.63, 3.8) is 0 Å². The van der Waals surface area contributed by atoms with E-state index in [4.69, 9.17) is 9.47 Å². The maximum atomic E-state index is 11.5. The highest BCUT2D eigenvalue weighted by Crippen LogP contribution is 2.28. The average Bonchev–Trinajstić information content (AvgIpc) is 2.43. The first-order valence-corrected chi connectivity index (χ1v) is 5.56. The van der Waals surface area contributed by atoms with Gasteiger partial charge < -0.3 is 14.2 Å². The van der Waals surface area contributed by atoms with Crippen LogP contribution in [0.4, 0.5) is 0 Å². The minimum atomic E-state index is -0.665. The Morgan fingerprint density at radius 1 is 1.05 bits per heavy atom. The van der Waals surface area contributed by atoms with Gasteiger partial charge in [-0.3, -0.25) is 4.79 Å². The van der Waals surface area contributed by atoms with Gasteiger partial charge in [-0.1, -0.05) is 6.07 Å². The fourth-order valence-corrected chi connectivity index (χ4v) is 1.52. The third-order valence-electron chi connectivity index (χ3n) is 2.50. The van der Waals surface area contributed by atoms with E-state index in [0.717, 1.165) is 0 Å². The van der Waals surface area contributed by atoms with Crippen molar-refractivity contribution in [2.24, 2.45) is 0 Å². The highest BCUT2D eigenvalue weighted by atomic mass is 16.5. The summed E-state index contributed by atoms with van der Waals surface area (Å²) in [6.07, 6.45) is 1.45. The number of methoxy groups -OCH3 is 3. The van der Waals surface area contributed by atoms with Gasteiger partial charge in [0.25, 0.3) is 0 Å². The molecule has 0 atom stereocenters. The zero-order valence-electron chi connectivity index (χ0n) is 11.4. The fraction of sp³-hybridized carbons (Fsp3) is 0.286. The minimum Gasteiger partial charge on any atom is -0.493 e. The van der Waals surface area contributed by atoms with Crippen LogP contribution in [-0.2, 0) is 14.3 Å². The molecule has 0 aliphatic carbocycles. The molecule has 5 heteroatoms. The van der Waals surface area contributed by atoms with Crippen LogP contribution in [0.1, 0.15) is 12.5 Å². The van der Waals surface area contributed by atoms with E-state index in [1.807, 2.05) is 0 Å². The first-order chi connectivity index (χ1) is 9.03. The van der Waals surface area contributed by atoms with Crippen molar-refractivity contribution in [2.45, 2.75) is 6.92 Å². The molecule has 102 valence electrons. The smallest absolute Gasteiger partial charge is 0.341 e. The highest BCUT2D eigenvalue weighted by molar-refractivity contribution is 6.19. The number of carbonyl (C=O) groups is 2. The highest BCUT2D eigenvalue weighted by Gasteiger charge is 2.15. The molecule has 0 heterocycles. The Kier molecular flexibility index (Phi) is 5.11. The van der Waals surface area contributed by atoms with E-state index >= 15 is 0 Å². The van der Waals surface area contributed by atoms with Crippen molar-refractivity contribution in [1.29, 1.82) is 0 Å². The lowest BCUT2D eigenvalue weighted by molar-refractivity contribution is -0.137. The first kappa shape index (κ1) is 14.8. The molecule has 0 fully saturated rings. The first-order valence-electron chi connectivity index (χ1n) is 5.56. The van der Waals surface area contributed by atoms with E-state index in [1.54, 1.807) is 18.2 Å². The molecule has 0 bridgehead atoms. The molecule has 19 heavy (non-hydrogen) atoms. The van der Waals surface area contributed by atoms with Gasteiger partial charge in [0.05, 0.1) is 21.3 Å². The Morgan fingerprint density at radius 2 is 1.68 bits per heavy atom. The van der Waals surface area contributed by atoms with Gasteiger partial charge in [0.2, 0.25) is 0 Å². The molecule has 1 aromatic carbocycles. The number of carbonyl (C=O) groups excluding carboxylic acids is 2. The third-order valence-corrected chi connectivity index (χ3v) is 2.50. The molecule has 0 spiro atoms. The molecule has 0 N–H and O–H groups in total. The summed E-state index contributed by atoms with van der Waals surface area (Å²) in [7, 11) is 4.27. The number of benzene rings is 1. The van der Waals surface area contributed by atoms with Crippen LogP contribution in [0.5, 0.6) is 11.5 Å². The van der Waals surface area contributed by atoms with Crippen LogP contribution in [0, 0.1) is 0 Å². The van der Waals surface area contributed by atoms with Crippen LogP contribution >= 0.6 is 0 Å². The summed E-state index contributed by atoms with van der Waals surface area (Å²) < 4.78 is 14.8. The summed E-state index contributed by atoms with van der Waals surface area (Å²) in [5.74, 6) is 0.0648. The molecule has 0 aliphatic heterocycles. The maximum Gasteiger partial charge on any atom is 0.341 e. The van der Waals surface area contributed by atoms with Crippen molar-refractivity contribution >= 4 is 17.8 Å². The number of rotatable bonds is 5. The fourth-order valence-electron chi connectivity index (χ4n) is 1.52. The van der Waals surface area contributed by atoms with Crippen molar-refractivity contribution in [3.8, 4) is 11.5 Å². The summed E-state index contributed by atoms with van der Waals surface area (Å²) >= 11 is 0. The molecule has 0 amide bonds. The van der Waals surface area contributed by atoms with Gasteiger partial charge >= 0.3 is 5.97 Å². The standard InChI is InChI=1S/C14H16O5/c1-9(15)11(14(16)19-4)7-10-5-6-12(17-2)13(8-10)18-3/h5-8H,1-4H3. The lowest BCUT2D eigenvalue weighted by Gasteiger charge is -2.08. The predicted molar refractivity (Wildman–Crippen MR) is 70.2 cm³/mol. The average molecular weight is 264 g/mol. The summed E-state index contributed by atoms with van der Waals surface area (Å²) in [6, 6.07) is 5.08. The SMILES string of the molecule is COC(=O)C(=Cc1ccc(OC)c(OC)c1)C(C)=O. The number of hydrogen-bond donors (Lipinski definition) is 0. The van der Waals surface area contributed by atoms with Crippen molar-refractivity contribution in [1.82, 2.24) is 0 Å². The van der Waals surface area contributed by atoms with Gasteiger partial charge in [-0.15, -0.1) is 0 Å². The lowest BCUT2D eigenvalue weighted by Crippen LogP contribution is -2.11. The van der Waals surface area contributed by atoms with Gasteiger partial charge in [-0.05, 0) is 30.7 Å². The van der Waals surface area contributed by atoms with E-state index in [0.29, 0.717) is 17.1 Å². The Morgan fingerprint density at radius 3 is 2.16 bits per heavy atom. The topological polar surface area (TPSA) is 61.8 Å². The molecule has 0 saturated heterocycles. The minimum absolute atomic E-state index is 0.0188. The summed E-state index contributed by atoms with van der Waals surface area (Å²) in [5, 5.41) is 0. The van der Waals surface area contributed by atoms with Gasteiger partial charge in [-0.25, -0.2) is 4.79 Å². The molecule has 1 aromatic rings. The molecule has 0 unspecified atom stereocenters. The van der Waals surface area contributed by atoms with Gasteiger partial charge in [-0.2, -0.15) is 0 Å². The molecular weight excluding hydrogens is 248 g/mol. The van der Waals surface area contributed by atoms with Gasteiger partial charge in [0.15, 0.2) is 17.3 Å². The molecule has 1 rings (SSSR count). The van der Waals surface area contributed by atoms with E-state index < -0.39 is 5.97 Å². The Bertz CT molecular complexity index is 517. The Labute approximate surface area is 111 Å². The second kappa shape index (κ2) is 6.58. The van der Waals surface area contributed by atoms with Crippen LogP contribution in [0.15, 0.2) is 23.8 Å². The van der Waals surface area contributed by atoms with Crippen LogP contribution < -0.4 is 9.47 Å². The van der Waals surface area contributed by atoms with Crippen molar-refractivity contribution < 1.29 is 23.8 Å². The zero-order valence-corrected chi connectivity index (χ0v) is 11.4. The number of ether oxygens (including phenoxy) is 3.